The number of hydrogen-bond donors (Lipinski definition) is 3. The number of phenols is 2. The smallest absolute Gasteiger partial charge is 0.252 e. The van der Waals surface area contributed by atoms with Crippen LogP contribution in [0.2, 0.25) is 5.02 Å². The molecule has 0 unspecified atom stereocenters. The van der Waals surface area contributed by atoms with Crippen molar-refractivity contribution in [3.05, 3.63) is 58.6 Å². The van der Waals surface area contributed by atoms with E-state index in [0.29, 0.717) is 18.0 Å². The molecule has 0 fully saturated rings. The lowest BCUT2D eigenvalue weighted by Gasteiger charge is -2.07. The third-order valence-electron chi connectivity index (χ3n) is 2.83. The van der Waals surface area contributed by atoms with E-state index in [1.54, 1.807) is 24.3 Å². The number of halogens is 1. The van der Waals surface area contributed by atoms with E-state index < -0.39 is 0 Å². The second-order valence-electron chi connectivity index (χ2n) is 4.34. The number of hydrogen-bond acceptors (Lipinski definition) is 3. The van der Waals surface area contributed by atoms with Crippen molar-refractivity contribution in [1.29, 1.82) is 0 Å². The van der Waals surface area contributed by atoms with Crippen LogP contribution < -0.4 is 5.32 Å². The molecule has 0 atom stereocenters. The van der Waals surface area contributed by atoms with Gasteiger partial charge in [0, 0.05) is 6.54 Å². The molecule has 2 aromatic carbocycles. The standard InChI is InChI=1S/C15H14ClNO3/c16-14-6-5-12(19)9-13(14)15(20)17-8-7-10-1-3-11(18)4-2-10/h1-6,9,18-19H,7-8H2,(H,17,20). The summed E-state index contributed by atoms with van der Waals surface area (Å²) < 4.78 is 0. The molecule has 3 N–H and O–H groups in total. The van der Waals surface area contributed by atoms with Crippen LogP contribution in [0.5, 0.6) is 11.5 Å². The van der Waals surface area contributed by atoms with Gasteiger partial charge in [-0.25, -0.2) is 0 Å². The van der Waals surface area contributed by atoms with Crippen LogP contribution in [-0.2, 0) is 6.42 Å². The topological polar surface area (TPSA) is 69.6 Å². The summed E-state index contributed by atoms with van der Waals surface area (Å²) >= 11 is 5.90. The molecule has 2 aromatic rings. The molecule has 4 nitrogen and oxygen atoms in total. The van der Waals surface area contributed by atoms with Gasteiger partial charge in [-0.1, -0.05) is 23.7 Å². The van der Waals surface area contributed by atoms with Crippen molar-refractivity contribution in [1.82, 2.24) is 5.32 Å². The molecule has 0 aromatic heterocycles. The predicted molar refractivity (Wildman–Crippen MR) is 77.3 cm³/mol. The van der Waals surface area contributed by atoms with Crippen LogP contribution in [0.25, 0.3) is 0 Å². The van der Waals surface area contributed by atoms with Crippen LogP contribution in [0, 0.1) is 0 Å². The Bertz CT molecular complexity index is 611. The second-order valence-corrected chi connectivity index (χ2v) is 4.74. The summed E-state index contributed by atoms with van der Waals surface area (Å²) in [5, 5.41) is 21.6. The molecule has 1 amide bonds. The lowest BCUT2D eigenvalue weighted by molar-refractivity contribution is 0.0954. The van der Waals surface area contributed by atoms with Crippen molar-refractivity contribution in [2.75, 3.05) is 6.54 Å². The Morgan fingerprint density at radius 2 is 1.70 bits per heavy atom. The Hall–Kier alpha value is -2.20. The van der Waals surface area contributed by atoms with Crippen molar-refractivity contribution < 1.29 is 15.0 Å². The van der Waals surface area contributed by atoms with Gasteiger partial charge in [0.1, 0.15) is 11.5 Å². The van der Waals surface area contributed by atoms with Crippen LogP contribution in [0.4, 0.5) is 0 Å². The first-order valence-corrected chi connectivity index (χ1v) is 6.48. The SMILES string of the molecule is O=C(NCCc1ccc(O)cc1)c1cc(O)ccc1Cl. The number of carbonyl (C=O) groups excluding carboxylic acids is 1. The fourth-order valence-electron chi connectivity index (χ4n) is 1.77. The molecule has 0 aliphatic heterocycles. The summed E-state index contributed by atoms with van der Waals surface area (Å²) in [5.74, 6) is -0.118. The molecule has 0 aliphatic rings. The lowest BCUT2D eigenvalue weighted by atomic mass is 10.1. The first kappa shape index (κ1) is 14.2. The van der Waals surface area contributed by atoms with Crippen LogP contribution in [-0.4, -0.2) is 22.7 Å². The number of nitrogens with one attached hydrogen (secondary N) is 1. The highest BCUT2D eigenvalue weighted by molar-refractivity contribution is 6.33. The van der Waals surface area contributed by atoms with Gasteiger partial charge in [0.25, 0.3) is 5.91 Å². The minimum atomic E-state index is -0.329. The van der Waals surface area contributed by atoms with E-state index in [2.05, 4.69) is 5.32 Å². The summed E-state index contributed by atoms with van der Waals surface area (Å²) in [4.78, 5) is 11.9. The lowest BCUT2D eigenvalue weighted by Crippen LogP contribution is -2.25. The van der Waals surface area contributed by atoms with E-state index in [1.165, 1.54) is 18.2 Å². The maximum atomic E-state index is 11.9. The molecule has 0 heterocycles. The summed E-state index contributed by atoms with van der Waals surface area (Å²) in [6.45, 7) is 0.440. The molecule has 0 radical (unpaired) electrons. The van der Waals surface area contributed by atoms with E-state index in [4.69, 9.17) is 16.7 Å². The minimum Gasteiger partial charge on any atom is -0.508 e. The van der Waals surface area contributed by atoms with Crippen molar-refractivity contribution in [3.63, 3.8) is 0 Å². The molecular weight excluding hydrogens is 278 g/mol. The molecule has 0 bridgehead atoms. The Balaban J connectivity index is 1.92. The summed E-state index contributed by atoms with van der Waals surface area (Å²) in [5.41, 5.74) is 1.25. The van der Waals surface area contributed by atoms with Gasteiger partial charge >= 0.3 is 0 Å². The minimum absolute atomic E-state index is 0.00177. The molecular formula is C15H14ClNO3. The zero-order chi connectivity index (χ0) is 14.5. The van der Waals surface area contributed by atoms with E-state index in [1.807, 2.05) is 0 Å². The Morgan fingerprint density at radius 3 is 2.40 bits per heavy atom. The van der Waals surface area contributed by atoms with Crippen LogP contribution >= 0.6 is 11.6 Å². The molecule has 0 saturated heterocycles. The fraction of sp³-hybridized carbons (Fsp3) is 0.133. The Morgan fingerprint density at radius 1 is 1.05 bits per heavy atom. The zero-order valence-electron chi connectivity index (χ0n) is 10.6. The number of benzene rings is 2. The Labute approximate surface area is 121 Å². The number of rotatable bonds is 4. The largest absolute Gasteiger partial charge is 0.508 e. The molecule has 0 aliphatic carbocycles. The predicted octanol–water partition coefficient (Wildman–Crippen LogP) is 2.72. The van der Waals surface area contributed by atoms with Crippen molar-refractivity contribution in [2.45, 2.75) is 6.42 Å². The van der Waals surface area contributed by atoms with E-state index in [-0.39, 0.29) is 23.0 Å². The van der Waals surface area contributed by atoms with Gasteiger partial charge in [0.2, 0.25) is 0 Å². The molecule has 20 heavy (non-hydrogen) atoms. The van der Waals surface area contributed by atoms with Gasteiger partial charge in [-0.15, -0.1) is 0 Å². The molecule has 0 spiro atoms. The van der Waals surface area contributed by atoms with Gasteiger partial charge in [-0.3, -0.25) is 4.79 Å². The average Bonchev–Trinajstić information content (AvgIpc) is 2.43. The molecule has 5 heteroatoms. The second kappa shape index (κ2) is 6.30. The van der Waals surface area contributed by atoms with Gasteiger partial charge in [0.15, 0.2) is 0 Å². The molecule has 104 valence electrons. The van der Waals surface area contributed by atoms with Crippen LogP contribution in [0.3, 0.4) is 0 Å². The monoisotopic (exact) mass is 291 g/mol. The first-order chi connectivity index (χ1) is 9.56. The zero-order valence-corrected chi connectivity index (χ0v) is 11.4. The van der Waals surface area contributed by atoms with Crippen molar-refractivity contribution in [3.8, 4) is 11.5 Å². The quantitative estimate of drug-likeness (QED) is 0.811. The van der Waals surface area contributed by atoms with Crippen LogP contribution in [0.15, 0.2) is 42.5 Å². The first-order valence-electron chi connectivity index (χ1n) is 6.11. The number of aromatic hydroxyl groups is 2. The summed E-state index contributed by atoms with van der Waals surface area (Å²) in [6, 6.07) is 11.0. The van der Waals surface area contributed by atoms with Gasteiger partial charge in [-0.2, -0.15) is 0 Å². The number of carbonyl (C=O) groups is 1. The third kappa shape index (κ3) is 3.65. The highest BCUT2D eigenvalue weighted by Gasteiger charge is 2.10. The van der Waals surface area contributed by atoms with Crippen LogP contribution in [0.1, 0.15) is 15.9 Å². The summed E-state index contributed by atoms with van der Waals surface area (Å²) in [6.07, 6.45) is 0.641. The molecule has 0 saturated carbocycles. The maximum absolute atomic E-state index is 11.9. The number of phenolic OH excluding ortho intramolecular Hbond substituents is 2. The number of amides is 1. The van der Waals surface area contributed by atoms with Gasteiger partial charge < -0.3 is 15.5 Å². The summed E-state index contributed by atoms with van der Waals surface area (Å²) in [7, 11) is 0. The van der Waals surface area contributed by atoms with E-state index >= 15 is 0 Å². The average molecular weight is 292 g/mol. The van der Waals surface area contributed by atoms with Crippen molar-refractivity contribution in [2.24, 2.45) is 0 Å². The van der Waals surface area contributed by atoms with E-state index in [9.17, 15) is 9.90 Å². The van der Waals surface area contributed by atoms with Gasteiger partial charge in [0.05, 0.1) is 10.6 Å². The highest BCUT2D eigenvalue weighted by Crippen LogP contribution is 2.20. The van der Waals surface area contributed by atoms with Crippen molar-refractivity contribution >= 4 is 17.5 Å². The highest BCUT2D eigenvalue weighted by atomic mass is 35.5. The van der Waals surface area contributed by atoms with E-state index in [0.717, 1.165) is 5.56 Å². The fourth-order valence-corrected chi connectivity index (χ4v) is 1.97. The normalized spacial score (nSPS) is 10.2. The molecule has 2 rings (SSSR count). The Kier molecular flexibility index (Phi) is 4.48. The maximum Gasteiger partial charge on any atom is 0.252 e. The third-order valence-corrected chi connectivity index (χ3v) is 3.16. The van der Waals surface area contributed by atoms with Gasteiger partial charge in [-0.05, 0) is 42.3 Å².